The number of carboxylic acids is 1. The molecule has 3 rings (SSSR count). The standard InChI is InChI=1S/C19H24N2O5/c1-18(2,3)26-17(25)21-11-7-10-19(21,16(23)24)13-14(20-15(13)22)12-8-5-4-6-9-12/h4-6,8-9,13-14H,7,10-11H2,1-3H3,(H,20,22)(H,23,24)/t13-,14+,19-/m0/s1. The smallest absolute Gasteiger partial charge is 0.411 e. The molecule has 0 radical (unpaired) electrons. The Morgan fingerprint density at radius 1 is 1.27 bits per heavy atom. The third-order valence-corrected chi connectivity index (χ3v) is 4.99. The molecule has 140 valence electrons. The van der Waals surface area contributed by atoms with Gasteiger partial charge >= 0.3 is 12.1 Å². The Morgan fingerprint density at radius 3 is 2.46 bits per heavy atom. The highest BCUT2D eigenvalue weighted by Gasteiger charge is 2.64. The second-order valence-corrected chi connectivity index (χ2v) is 7.84. The summed E-state index contributed by atoms with van der Waals surface area (Å²) in [4.78, 5) is 38.7. The predicted octanol–water partition coefficient (Wildman–Crippen LogP) is 2.33. The lowest BCUT2D eigenvalue weighted by atomic mass is 9.70. The predicted molar refractivity (Wildman–Crippen MR) is 93.4 cm³/mol. The minimum absolute atomic E-state index is 0.225. The number of ether oxygens (including phenoxy) is 1. The van der Waals surface area contributed by atoms with Gasteiger partial charge in [0.05, 0.1) is 12.0 Å². The quantitative estimate of drug-likeness (QED) is 0.807. The zero-order valence-electron chi connectivity index (χ0n) is 15.2. The van der Waals surface area contributed by atoms with Crippen LogP contribution < -0.4 is 5.32 Å². The molecule has 0 saturated carbocycles. The van der Waals surface area contributed by atoms with E-state index >= 15 is 0 Å². The van der Waals surface area contributed by atoms with Crippen molar-refractivity contribution in [1.29, 1.82) is 0 Å². The molecule has 1 aromatic rings. The Morgan fingerprint density at radius 2 is 1.92 bits per heavy atom. The number of rotatable bonds is 3. The summed E-state index contributed by atoms with van der Waals surface area (Å²) < 4.78 is 5.41. The molecule has 26 heavy (non-hydrogen) atoms. The van der Waals surface area contributed by atoms with Crippen molar-refractivity contribution in [3.8, 4) is 0 Å². The van der Waals surface area contributed by atoms with Gasteiger partial charge in [0.1, 0.15) is 5.60 Å². The van der Waals surface area contributed by atoms with Crippen LogP contribution in [0.3, 0.4) is 0 Å². The van der Waals surface area contributed by atoms with Gasteiger partial charge in [0, 0.05) is 6.54 Å². The molecule has 0 unspecified atom stereocenters. The number of β-lactam (4-membered cyclic amide) rings is 1. The maximum absolute atomic E-state index is 12.7. The van der Waals surface area contributed by atoms with Gasteiger partial charge in [-0.1, -0.05) is 30.3 Å². The van der Waals surface area contributed by atoms with E-state index in [1.807, 2.05) is 30.3 Å². The van der Waals surface area contributed by atoms with Gasteiger partial charge in [-0.2, -0.15) is 0 Å². The monoisotopic (exact) mass is 360 g/mol. The van der Waals surface area contributed by atoms with Crippen LogP contribution in [0.2, 0.25) is 0 Å². The first-order chi connectivity index (χ1) is 12.2. The fourth-order valence-corrected chi connectivity index (χ4v) is 3.90. The average molecular weight is 360 g/mol. The zero-order chi connectivity index (χ0) is 19.1. The van der Waals surface area contributed by atoms with E-state index in [1.165, 1.54) is 4.90 Å². The van der Waals surface area contributed by atoms with Crippen LogP contribution in [0.5, 0.6) is 0 Å². The highest BCUT2D eigenvalue weighted by Crippen LogP contribution is 2.47. The molecule has 2 N–H and O–H groups in total. The molecule has 0 aliphatic carbocycles. The lowest BCUT2D eigenvalue weighted by Gasteiger charge is -2.49. The van der Waals surface area contributed by atoms with Crippen molar-refractivity contribution >= 4 is 18.0 Å². The topological polar surface area (TPSA) is 95.9 Å². The van der Waals surface area contributed by atoms with Gasteiger partial charge in [0.25, 0.3) is 0 Å². The number of aliphatic carboxylic acids is 1. The van der Waals surface area contributed by atoms with Crippen molar-refractivity contribution in [2.24, 2.45) is 5.92 Å². The summed E-state index contributed by atoms with van der Waals surface area (Å²) in [6.07, 6.45) is 0.0451. The van der Waals surface area contributed by atoms with Gasteiger partial charge in [-0.05, 0) is 39.2 Å². The van der Waals surface area contributed by atoms with Crippen LogP contribution in [0.4, 0.5) is 4.79 Å². The molecule has 2 saturated heterocycles. The molecule has 3 atom stereocenters. The van der Waals surface area contributed by atoms with Crippen molar-refractivity contribution in [3.05, 3.63) is 35.9 Å². The van der Waals surface area contributed by atoms with Crippen molar-refractivity contribution in [1.82, 2.24) is 10.2 Å². The summed E-state index contributed by atoms with van der Waals surface area (Å²) in [7, 11) is 0. The summed E-state index contributed by atoms with van der Waals surface area (Å²) in [5.41, 5.74) is -1.51. The third kappa shape index (κ3) is 2.91. The number of benzene rings is 1. The minimum Gasteiger partial charge on any atom is -0.479 e. The van der Waals surface area contributed by atoms with Gasteiger partial charge in [0.2, 0.25) is 5.91 Å². The SMILES string of the molecule is CC(C)(C)OC(=O)N1CCC[C@@]1(C(=O)O)[C@@H]1C(=O)N[C@@H]1c1ccccc1. The van der Waals surface area contributed by atoms with Gasteiger partial charge in [-0.25, -0.2) is 9.59 Å². The number of amides is 2. The van der Waals surface area contributed by atoms with Gasteiger partial charge in [-0.3, -0.25) is 9.69 Å². The molecule has 2 amide bonds. The number of nitrogens with one attached hydrogen (secondary N) is 1. The normalized spacial score (nSPS) is 28.3. The van der Waals surface area contributed by atoms with Crippen LogP contribution in [0.25, 0.3) is 0 Å². The van der Waals surface area contributed by atoms with Gasteiger partial charge < -0.3 is 15.2 Å². The van der Waals surface area contributed by atoms with Crippen molar-refractivity contribution in [2.75, 3.05) is 6.54 Å². The first-order valence-corrected chi connectivity index (χ1v) is 8.76. The Balaban J connectivity index is 1.97. The first kappa shape index (κ1) is 18.2. The second kappa shape index (κ2) is 6.30. The van der Waals surface area contributed by atoms with E-state index in [2.05, 4.69) is 5.32 Å². The van der Waals surface area contributed by atoms with Crippen LogP contribution in [0.15, 0.2) is 30.3 Å². The third-order valence-electron chi connectivity index (χ3n) is 4.99. The largest absolute Gasteiger partial charge is 0.479 e. The van der Waals surface area contributed by atoms with E-state index in [4.69, 9.17) is 4.74 Å². The molecule has 2 heterocycles. The van der Waals surface area contributed by atoms with Crippen molar-refractivity contribution in [3.63, 3.8) is 0 Å². The van der Waals surface area contributed by atoms with E-state index in [9.17, 15) is 19.5 Å². The number of carbonyl (C=O) groups is 3. The number of carbonyl (C=O) groups excluding carboxylic acids is 2. The van der Waals surface area contributed by atoms with Crippen LogP contribution in [-0.2, 0) is 14.3 Å². The van der Waals surface area contributed by atoms with E-state index in [1.54, 1.807) is 20.8 Å². The number of likely N-dealkylation sites (tertiary alicyclic amines) is 1. The summed E-state index contributed by atoms with van der Waals surface area (Å²) in [5, 5.41) is 12.9. The maximum Gasteiger partial charge on any atom is 0.411 e. The van der Waals surface area contributed by atoms with E-state index in [-0.39, 0.29) is 18.9 Å². The lowest BCUT2D eigenvalue weighted by Crippen LogP contribution is -2.69. The minimum atomic E-state index is -1.59. The molecule has 7 nitrogen and oxygen atoms in total. The van der Waals surface area contributed by atoms with Gasteiger partial charge in [0.15, 0.2) is 5.54 Å². The molecule has 0 aromatic heterocycles. The Hall–Kier alpha value is -2.57. The number of carboxylic acid groups (broad SMARTS) is 1. The second-order valence-electron chi connectivity index (χ2n) is 7.84. The Kier molecular flexibility index (Phi) is 4.42. The number of hydrogen-bond donors (Lipinski definition) is 2. The number of nitrogens with zero attached hydrogens (tertiary/aromatic N) is 1. The Labute approximate surface area is 152 Å². The molecule has 0 bridgehead atoms. The average Bonchev–Trinajstić information content (AvgIpc) is 2.97. The Bertz CT molecular complexity index is 727. The summed E-state index contributed by atoms with van der Waals surface area (Å²) in [6.45, 7) is 5.44. The lowest BCUT2D eigenvalue weighted by molar-refractivity contribution is -0.164. The first-order valence-electron chi connectivity index (χ1n) is 8.76. The van der Waals surface area contributed by atoms with Crippen LogP contribution >= 0.6 is 0 Å². The van der Waals surface area contributed by atoms with E-state index in [0.717, 1.165) is 5.56 Å². The zero-order valence-corrected chi connectivity index (χ0v) is 15.2. The molecule has 2 fully saturated rings. The fourth-order valence-electron chi connectivity index (χ4n) is 3.90. The van der Waals surface area contributed by atoms with E-state index < -0.39 is 35.2 Å². The highest BCUT2D eigenvalue weighted by molar-refractivity contribution is 5.97. The maximum atomic E-state index is 12.7. The molecule has 7 heteroatoms. The summed E-state index contributed by atoms with van der Waals surface area (Å²) in [6, 6.07) is 8.78. The van der Waals surface area contributed by atoms with E-state index in [0.29, 0.717) is 6.42 Å². The molecular weight excluding hydrogens is 336 g/mol. The molecule has 1 aromatic carbocycles. The summed E-state index contributed by atoms with van der Waals surface area (Å²) >= 11 is 0. The van der Waals surface area contributed by atoms with Crippen molar-refractivity contribution < 1.29 is 24.2 Å². The fraction of sp³-hybridized carbons (Fsp3) is 0.526. The highest BCUT2D eigenvalue weighted by atomic mass is 16.6. The van der Waals surface area contributed by atoms with Crippen LogP contribution in [0, 0.1) is 5.92 Å². The summed E-state index contributed by atoms with van der Waals surface area (Å²) in [5.74, 6) is -2.37. The van der Waals surface area contributed by atoms with Gasteiger partial charge in [-0.15, -0.1) is 0 Å². The molecule has 2 aliphatic heterocycles. The molecular formula is C19H24N2O5. The molecule has 0 spiro atoms. The number of hydrogen-bond acceptors (Lipinski definition) is 4. The van der Waals surface area contributed by atoms with Crippen molar-refractivity contribution in [2.45, 2.75) is 50.8 Å². The van der Waals surface area contributed by atoms with Crippen LogP contribution in [-0.4, -0.2) is 45.7 Å². The molecule has 2 aliphatic rings. The van der Waals surface area contributed by atoms with Crippen LogP contribution in [0.1, 0.15) is 45.2 Å².